The van der Waals surface area contributed by atoms with Crippen LogP contribution in [0.1, 0.15) is 58.4 Å². The maximum atomic E-state index is 12.5. The van der Waals surface area contributed by atoms with Crippen molar-refractivity contribution in [1.82, 2.24) is 5.32 Å². The van der Waals surface area contributed by atoms with E-state index in [1.165, 1.54) is 24.9 Å². The zero-order valence-corrected chi connectivity index (χ0v) is 27.5. The van der Waals surface area contributed by atoms with Gasteiger partial charge in [-0.3, -0.25) is 14.4 Å². The van der Waals surface area contributed by atoms with E-state index in [4.69, 9.17) is 25.7 Å². The summed E-state index contributed by atoms with van der Waals surface area (Å²) in [6, 6.07) is 14.3. The van der Waals surface area contributed by atoms with Gasteiger partial charge in [0.25, 0.3) is 5.91 Å². The lowest BCUT2D eigenvalue weighted by atomic mass is 10.0. The van der Waals surface area contributed by atoms with E-state index in [2.05, 4.69) is 33.2 Å². The van der Waals surface area contributed by atoms with Crippen molar-refractivity contribution in [3.63, 3.8) is 0 Å². The van der Waals surface area contributed by atoms with Crippen molar-refractivity contribution < 1.29 is 38.1 Å². The van der Waals surface area contributed by atoms with E-state index in [0.717, 1.165) is 29.4 Å². The van der Waals surface area contributed by atoms with E-state index in [1.807, 2.05) is 24.3 Å². The summed E-state index contributed by atoms with van der Waals surface area (Å²) in [5.74, 6) is -1.52. The molecule has 0 unspecified atom stereocenters. The monoisotopic (exact) mass is 653 g/mol. The van der Waals surface area contributed by atoms with E-state index in [-0.39, 0.29) is 51.4 Å². The summed E-state index contributed by atoms with van der Waals surface area (Å²) in [6.45, 7) is 8.82. The topological polar surface area (TPSA) is 196 Å². The number of amides is 3. The highest BCUT2D eigenvalue weighted by Gasteiger charge is 2.13. The fourth-order valence-electron chi connectivity index (χ4n) is 4.47. The lowest BCUT2D eigenvalue weighted by Crippen LogP contribution is -2.29. The molecule has 1 aliphatic heterocycles. The second kappa shape index (κ2) is 20.5. The molecule has 2 aromatic rings. The minimum absolute atomic E-state index is 0.0213. The minimum Gasteiger partial charge on any atom is -0.463 e. The molecule has 1 aliphatic rings. The highest BCUT2D eigenvalue weighted by Crippen LogP contribution is 2.26. The molecule has 1 heterocycles. The van der Waals surface area contributed by atoms with Gasteiger partial charge >= 0.3 is 12.1 Å². The number of ether oxygens (including phenoxy) is 4. The zero-order chi connectivity index (χ0) is 34.7. The van der Waals surface area contributed by atoms with Gasteiger partial charge in [0.2, 0.25) is 5.91 Å². The maximum Gasteiger partial charge on any atom is 0.405 e. The lowest BCUT2D eigenvalue weighted by molar-refractivity contribution is -0.146. The van der Waals surface area contributed by atoms with Crippen LogP contribution in [0.15, 0.2) is 42.0 Å². The molecule has 1 fully saturated rings. The van der Waals surface area contributed by atoms with Crippen LogP contribution in [0.5, 0.6) is 0 Å². The third-order valence-electron chi connectivity index (χ3n) is 6.62. The Morgan fingerprint density at radius 2 is 1.53 bits per heavy atom. The molecule has 0 bridgehead atoms. The summed E-state index contributed by atoms with van der Waals surface area (Å²) in [5.41, 5.74) is 11.3. The first-order valence-corrected chi connectivity index (χ1v) is 15.6. The molecular weight excluding hydrogens is 606 g/mol. The number of nitrogens with two attached hydrogens (primary N) is 2. The quantitative estimate of drug-likeness (QED) is 0.111. The van der Waals surface area contributed by atoms with E-state index in [1.54, 1.807) is 26.8 Å². The van der Waals surface area contributed by atoms with Gasteiger partial charge in [0.15, 0.2) is 0 Å². The fourth-order valence-corrected chi connectivity index (χ4v) is 4.47. The number of carbonyl (C=O) groups is 4. The molecule has 5 N–H and O–H groups in total. The largest absolute Gasteiger partial charge is 0.463 e. The highest BCUT2D eigenvalue weighted by atomic mass is 16.6. The number of hydrogen-bond donors (Lipinski definition) is 3. The van der Waals surface area contributed by atoms with Crippen molar-refractivity contribution in [2.45, 2.75) is 58.5 Å². The molecule has 13 heteroatoms. The van der Waals surface area contributed by atoms with Gasteiger partial charge in [-0.1, -0.05) is 18.2 Å². The Morgan fingerprint density at radius 1 is 0.894 bits per heavy atom. The molecule has 0 spiro atoms. The summed E-state index contributed by atoms with van der Waals surface area (Å²) < 4.78 is 20.2. The molecule has 0 aromatic heterocycles. The minimum atomic E-state index is -0.725. The predicted molar refractivity (Wildman–Crippen MR) is 178 cm³/mol. The number of nitrogens with one attached hydrogen (secondary N) is 1. The third kappa shape index (κ3) is 16.5. The summed E-state index contributed by atoms with van der Waals surface area (Å²) >= 11 is 0. The van der Waals surface area contributed by atoms with Crippen molar-refractivity contribution in [1.29, 1.82) is 5.26 Å². The number of rotatable bonds is 15. The molecule has 3 amide bonds. The fraction of sp³-hybridized carbons (Fsp3) is 0.500. The van der Waals surface area contributed by atoms with Gasteiger partial charge in [-0.15, -0.1) is 0 Å². The van der Waals surface area contributed by atoms with Gasteiger partial charge < -0.3 is 40.6 Å². The Hall–Kier alpha value is -4.67. The van der Waals surface area contributed by atoms with Gasteiger partial charge in [-0.25, -0.2) is 4.79 Å². The molecule has 13 nitrogen and oxygen atoms in total. The molecule has 0 radical (unpaired) electrons. The standard InChI is InChI=1S/C29H36N4O6.C5H11NO2/c30-21-25(29(36)32-10-13-37-14-15-38-16-17-39-28(35)9-8-27(31)34)19-22-4-5-24-20-26(7-6-23(24)18-22)33-11-2-1-3-12-33;1-5(2,3)8-4(6)7/h4-7,18-20H,1-3,8-17H2,(H2,31,34)(H,32,36);1-3H3,(H2,6,7)/b25-19+;. The van der Waals surface area contributed by atoms with Gasteiger partial charge in [-0.05, 0) is 80.6 Å². The molecule has 256 valence electrons. The van der Waals surface area contributed by atoms with Crippen LogP contribution < -0.4 is 21.7 Å². The normalized spacial score (nSPS) is 13.1. The lowest BCUT2D eigenvalue weighted by Gasteiger charge is -2.29. The van der Waals surface area contributed by atoms with Crippen molar-refractivity contribution >= 4 is 46.4 Å². The van der Waals surface area contributed by atoms with Crippen LogP contribution in [0.3, 0.4) is 0 Å². The Bertz CT molecular complexity index is 1410. The van der Waals surface area contributed by atoms with E-state index in [0.29, 0.717) is 6.61 Å². The van der Waals surface area contributed by atoms with Crippen LogP contribution in [0.2, 0.25) is 0 Å². The average molecular weight is 654 g/mol. The Morgan fingerprint density at radius 3 is 2.15 bits per heavy atom. The number of fused-ring (bicyclic) bond motifs is 1. The van der Waals surface area contributed by atoms with Crippen molar-refractivity contribution in [2.24, 2.45) is 11.5 Å². The number of hydrogen-bond acceptors (Lipinski definition) is 10. The average Bonchev–Trinajstić information content (AvgIpc) is 3.02. The summed E-state index contributed by atoms with van der Waals surface area (Å²) in [7, 11) is 0. The number of benzene rings is 2. The van der Waals surface area contributed by atoms with E-state index in [9.17, 15) is 24.4 Å². The number of nitrogens with zero attached hydrogens (tertiary/aromatic N) is 2. The molecule has 0 aliphatic carbocycles. The van der Waals surface area contributed by atoms with Gasteiger partial charge in [0, 0.05) is 31.7 Å². The third-order valence-corrected chi connectivity index (χ3v) is 6.62. The van der Waals surface area contributed by atoms with E-state index >= 15 is 0 Å². The van der Waals surface area contributed by atoms with Crippen LogP contribution >= 0.6 is 0 Å². The number of carbonyl (C=O) groups excluding carboxylic acids is 4. The second-order valence-electron chi connectivity index (χ2n) is 11.7. The van der Waals surface area contributed by atoms with Crippen LogP contribution in [0.25, 0.3) is 16.8 Å². The van der Waals surface area contributed by atoms with E-state index < -0.39 is 29.5 Å². The first-order chi connectivity index (χ1) is 22.4. The molecule has 1 saturated heterocycles. The number of primary amides is 2. The predicted octanol–water partition coefficient (Wildman–Crippen LogP) is 3.58. The summed E-state index contributed by atoms with van der Waals surface area (Å²) in [4.78, 5) is 46.8. The highest BCUT2D eigenvalue weighted by molar-refractivity contribution is 6.02. The maximum absolute atomic E-state index is 12.5. The Balaban J connectivity index is 0.000000849. The van der Waals surface area contributed by atoms with Crippen molar-refractivity contribution in [2.75, 3.05) is 57.6 Å². The summed E-state index contributed by atoms with van der Waals surface area (Å²) in [6.07, 6.45) is 4.52. The molecule has 47 heavy (non-hydrogen) atoms. The van der Waals surface area contributed by atoms with Crippen molar-refractivity contribution in [3.8, 4) is 6.07 Å². The van der Waals surface area contributed by atoms with Gasteiger partial charge in [-0.2, -0.15) is 5.26 Å². The number of nitriles is 1. The van der Waals surface area contributed by atoms with Crippen LogP contribution in [-0.4, -0.2) is 82.1 Å². The number of esters is 1. The molecule has 0 saturated carbocycles. The number of anilines is 1. The van der Waals surface area contributed by atoms with Gasteiger partial charge in [0.05, 0.1) is 32.8 Å². The molecule has 2 aromatic carbocycles. The molecule has 3 rings (SSSR count). The zero-order valence-electron chi connectivity index (χ0n) is 27.5. The Kier molecular flexibility index (Phi) is 16.8. The molecule has 0 atom stereocenters. The summed E-state index contributed by atoms with van der Waals surface area (Å²) in [5, 5.41) is 14.4. The SMILES string of the molecule is CC(C)(C)OC(N)=O.N#C/C(=C\c1ccc2cc(N3CCCCC3)ccc2c1)C(=O)NCCOCCOCCOC(=O)CCC(N)=O. The van der Waals surface area contributed by atoms with Crippen LogP contribution in [0, 0.1) is 11.3 Å². The Labute approximate surface area is 276 Å². The van der Waals surface area contributed by atoms with Gasteiger partial charge in [0.1, 0.15) is 23.9 Å². The first-order valence-electron chi connectivity index (χ1n) is 15.6. The smallest absolute Gasteiger partial charge is 0.405 e. The van der Waals surface area contributed by atoms with Crippen molar-refractivity contribution in [3.05, 3.63) is 47.5 Å². The molecular formula is C34H47N5O8. The first kappa shape index (κ1) is 38.5. The van der Waals surface area contributed by atoms with Crippen LogP contribution in [-0.2, 0) is 33.3 Å². The second-order valence-corrected chi connectivity index (χ2v) is 11.7. The number of piperidine rings is 1. The van der Waals surface area contributed by atoms with Crippen LogP contribution in [0.4, 0.5) is 10.5 Å².